The second kappa shape index (κ2) is 11.1. The number of thiophene rings is 1. The number of nitrogens with one attached hydrogen (secondary N) is 2. The molecule has 5 nitrogen and oxygen atoms in total. The van der Waals surface area contributed by atoms with E-state index in [4.69, 9.17) is 4.74 Å². The highest BCUT2D eigenvalue weighted by Crippen LogP contribution is 2.16. The van der Waals surface area contributed by atoms with Crippen molar-refractivity contribution in [2.45, 2.75) is 32.4 Å². The molecule has 0 unspecified atom stereocenters. The summed E-state index contributed by atoms with van der Waals surface area (Å²) in [6, 6.07) is 6.10. The molecule has 0 saturated carbocycles. The molecule has 3 rings (SSSR count). The number of guanidine groups is 1. The van der Waals surface area contributed by atoms with Crippen molar-refractivity contribution in [2.75, 3.05) is 32.8 Å². The van der Waals surface area contributed by atoms with E-state index in [2.05, 4.69) is 37.4 Å². The van der Waals surface area contributed by atoms with Crippen LogP contribution >= 0.6 is 11.3 Å². The van der Waals surface area contributed by atoms with Crippen LogP contribution in [-0.2, 0) is 6.54 Å². The monoisotopic (exact) mass is 422 g/mol. The van der Waals surface area contributed by atoms with Gasteiger partial charge in [-0.1, -0.05) is 0 Å². The lowest BCUT2D eigenvalue weighted by Gasteiger charge is -2.33. The zero-order valence-corrected chi connectivity index (χ0v) is 17.5. The zero-order valence-electron chi connectivity index (χ0n) is 16.7. The Kier molecular flexibility index (Phi) is 8.25. The summed E-state index contributed by atoms with van der Waals surface area (Å²) in [6.07, 6.45) is 2.14. The standard InChI is InChI=1S/C21H28F2N4OS/c1-2-24-21(25-8-11-28-18-3-4-19(22)20(23)13-18)26-17-5-9-27(10-6-17)14-16-7-12-29-15-16/h3-4,7,12-13,15,17H,2,5-6,8-11,14H2,1H3,(H2,24,25,26). The molecule has 1 aromatic heterocycles. The predicted octanol–water partition coefficient (Wildman–Crippen LogP) is 3.62. The highest BCUT2D eigenvalue weighted by atomic mass is 32.1. The van der Waals surface area contributed by atoms with Crippen LogP contribution in [0.15, 0.2) is 40.0 Å². The third-order valence-electron chi connectivity index (χ3n) is 4.78. The Bertz CT molecular complexity index is 777. The van der Waals surface area contributed by atoms with E-state index in [1.165, 1.54) is 11.6 Å². The number of hydrogen-bond donors (Lipinski definition) is 2. The summed E-state index contributed by atoms with van der Waals surface area (Å²) in [7, 11) is 0. The maximum atomic E-state index is 13.2. The minimum atomic E-state index is -0.911. The van der Waals surface area contributed by atoms with Crippen LogP contribution in [0.25, 0.3) is 0 Å². The van der Waals surface area contributed by atoms with Crippen LogP contribution in [0.4, 0.5) is 8.78 Å². The van der Waals surface area contributed by atoms with Gasteiger partial charge in [-0.15, -0.1) is 0 Å². The number of nitrogens with zero attached hydrogens (tertiary/aromatic N) is 2. The third-order valence-corrected chi connectivity index (χ3v) is 5.51. The number of rotatable bonds is 8. The number of halogens is 2. The number of piperidine rings is 1. The summed E-state index contributed by atoms with van der Waals surface area (Å²) in [5.74, 6) is -0.727. The number of aliphatic imine (C=N–C) groups is 1. The number of ether oxygens (including phenoxy) is 1. The van der Waals surface area contributed by atoms with E-state index >= 15 is 0 Å². The molecule has 2 aromatic rings. The van der Waals surface area contributed by atoms with Crippen LogP contribution in [0.3, 0.4) is 0 Å². The van der Waals surface area contributed by atoms with Crippen LogP contribution < -0.4 is 15.4 Å². The molecule has 29 heavy (non-hydrogen) atoms. The maximum absolute atomic E-state index is 13.2. The van der Waals surface area contributed by atoms with Crippen molar-refractivity contribution in [3.05, 3.63) is 52.2 Å². The highest BCUT2D eigenvalue weighted by Gasteiger charge is 2.20. The minimum Gasteiger partial charge on any atom is -0.492 e. The normalized spacial score (nSPS) is 16.0. The van der Waals surface area contributed by atoms with E-state index in [1.807, 2.05) is 6.92 Å². The van der Waals surface area contributed by atoms with Crippen molar-refractivity contribution in [3.8, 4) is 5.75 Å². The summed E-state index contributed by atoms with van der Waals surface area (Å²) in [4.78, 5) is 7.02. The lowest BCUT2D eigenvalue weighted by atomic mass is 10.0. The average Bonchev–Trinajstić information content (AvgIpc) is 3.22. The van der Waals surface area contributed by atoms with Gasteiger partial charge >= 0.3 is 0 Å². The summed E-state index contributed by atoms with van der Waals surface area (Å²) >= 11 is 1.74. The van der Waals surface area contributed by atoms with Gasteiger partial charge in [0.15, 0.2) is 17.6 Å². The molecule has 0 aliphatic carbocycles. The summed E-state index contributed by atoms with van der Waals surface area (Å²) in [5.41, 5.74) is 1.39. The smallest absolute Gasteiger partial charge is 0.191 e. The summed E-state index contributed by atoms with van der Waals surface area (Å²) in [6.45, 7) is 6.65. The van der Waals surface area contributed by atoms with E-state index in [0.717, 1.165) is 57.1 Å². The Morgan fingerprint density at radius 2 is 2.07 bits per heavy atom. The van der Waals surface area contributed by atoms with Gasteiger partial charge in [0, 0.05) is 38.3 Å². The Hall–Kier alpha value is -2.19. The third kappa shape index (κ3) is 6.97. The minimum absolute atomic E-state index is 0.292. The van der Waals surface area contributed by atoms with Gasteiger partial charge in [0.2, 0.25) is 0 Å². The fourth-order valence-corrected chi connectivity index (χ4v) is 3.94. The fraction of sp³-hybridized carbons (Fsp3) is 0.476. The van der Waals surface area contributed by atoms with E-state index < -0.39 is 11.6 Å². The molecule has 0 radical (unpaired) electrons. The summed E-state index contributed by atoms with van der Waals surface area (Å²) < 4.78 is 31.6. The average molecular weight is 423 g/mol. The summed E-state index contributed by atoms with van der Waals surface area (Å²) in [5, 5.41) is 11.1. The molecule has 0 amide bonds. The van der Waals surface area contributed by atoms with Crippen LogP contribution in [0.2, 0.25) is 0 Å². The van der Waals surface area contributed by atoms with Gasteiger partial charge < -0.3 is 15.4 Å². The lowest BCUT2D eigenvalue weighted by molar-refractivity contribution is 0.198. The molecular formula is C21H28F2N4OS. The highest BCUT2D eigenvalue weighted by molar-refractivity contribution is 7.07. The van der Waals surface area contributed by atoms with Gasteiger partial charge in [-0.3, -0.25) is 4.90 Å². The van der Waals surface area contributed by atoms with Gasteiger partial charge in [0.1, 0.15) is 12.4 Å². The second-order valence-corrected chi connectivity index (χ2v) is 7.79. The predicted molar refractivity (Wildman–Crippen MR) is 114 cm³/mol. The molecule has 0 bridgehead atoms. The Morgan fingerprint density at radius 1 is 1.24 bits per heavy atom. The topological polar surface area (TPSA) is 48.9 Å². The molecule has 1 aliphatic rings. The molecule has 8 heteroatoms. The Balaban J connectivity index is 1.41. The molecule has 1 saturated heterocycles. The van der Waals surface area contributed by atoms with Gasteiger partial charge in [0.05, 0.1) is 6.54 Å². The second-order valence-electron chi connectivity index (χ2n) is 7.01. The molecule has 2 heterocycles. The number of hydrogen-bond acceptors (Lipinski definition) is 4. The van der Waals surface area contributed by atoms with Crippen LogP contribution in [0, 0.1) is 11.6 Å². The molecule has 1 aromatic carbocycles. The molecule has 1 fully saturated rings. The van der Waals surface area contributed by atoms with Crippen molar-refractivity contribution in [1.82, 2.24) is 15.5 Å². The van der Waals surface area contributed by atoms with Gasteiger partial charge in [-0.05, 0) is 54.3 Å². The van der Waals surface area contributed by atoms with Crippen LogP contribution in [0.5, 0.6) is 5.75 Å². The largest absolute Gasteiger partial charge is 0.492 e. The van der Waals surface area contributed by atoms with Gasteiger partial charge in [-0.2, -0.15) is 11.3 Å². The van der Waals surface area contributed by atoms with Gasteiger partial charge in [0.25, 0.3) is 0 Å². The van der Waals surface area contributed by atoms with Crippen molar-refractivity contribution in [3.63, 3.8) is 0 Å². The molecular weight excluding hydrogens is 394 g/mol. The SMILES string of the molecule is CCNC(=NCCOc1ccc(F)c(F)c1)NC1CCN(Cc2ccsc2)CC1. The molecule has 2 N–H and O–H groups in total. The first-order valence-electron chi connectivity index (χ1n) is 10.00. The number of likely N-dealkylation sites (tertiary alicyclic amines) is 1. The Labute approximate surface area is 174 Å². The van der Waals surface area contributed by atoms with Crippen molar-refractivity contribution >= 4 is 17.3 Å². The van der Waals surface area contributed by atoms with Crippen LogP contribution in [-0.4, -0.2) is 49.7 Å². The van der Waals surface area contributed by atoms with Crippen LogP contribution in [0.1, 0.15) is 25.3 Å². The molecule has 1 aliphatic heterocycles. The Morgan fingerprint density at radius 3 is 2.76 bits per heavy atom. The molecule has 158 valence electrons. The van der Waals surface area contributed by atoms with E-state index in [9.17, 15) is 8.78 Å². The van der Waals surface area contributed by atoms with Crippen molar-refractivity contribution in [2.24, 2.45) is 4.99 Å². The zero-order chi connectivity index (χ0) is 20.5. The van der Waals surface area contributed by atoms with Crippen molar-refractivity contribution in [1.29, 1.82) is 0 Å². The van der Waals surface area contributed by atoms with E-state index in [-0.39, 0.29) is 0 Å². The molecule has 0 atom stereocenters. The molecule has 0 spiro atoms. The first-order valence-corrected chi connectivity index (χ1v) is 10.9. The fourth-order valence-electron chi connectivity index (χ4n) is 3.28. The first-order chi connectivity index (χ1) is 14.1. The lowest BCUT2D eigenvalue weighted by Crippen LogP contribution is -2.48. The van der Waals surface area contributed by atoms with Crippen molar-refractivity contribution < 1.29 is 13.5 Å². The van der Waals surface area contributed by atoms with E-state index in [0.29, 0.717) is 24.9 Å². The van der Waals surface area contributed by atoms with E-state index in [1.54, 1.807) is 11.3 Å². The first kappa shape index (κ1) is 21.5. The quantitative estimate of drug-likeness (QED) is 0.388. The maximum Gasteiger partial charge on any atom is 0.191 e. The van der Waals surface area contributed by atoms with Gasteiger partial charge in [-0.25, -0.2) is 13.8 Å². The number of benzene rings is 1.